The van der Waals surface area contributed by atoms with E-state index in [4.69, 9.17) is 0 Å². The summed E-state index contributed by atoms with van der Waals surface area (Å²) in [6, 6.07) is 12.5. The van der Waals surface area contributed by atoms with Crippen molar-refractivity contribution < 1.29 is 9.72 Å². The highest BCUT2D eigenvalue weighted by molar-refractivity contribution is 9.10. The third kappa shape index (κ3) is 3.56. The average Bonchev–Trinajstić information content (AvgIpc) is 2.95. The second-order valence-corrected chi connectivity index (χ2v) is 7.08. The fourth-order valence-corrected chi connectivity index (χ4v) is 3.92. The molecule has 7 heteroatoms. The Labute approximate surface area is 146 Å². The van der Waals surface area contributed by atoms with E-state index in [9.17, 15) is 14.9 Å². The highest BCUT2D eigenvalue weighted by Crippen LogP contribution is 2.32. The third-order valence-electron chi connectivity index (χ3n) is 3.63. The van der Waals surface area contributed by atoms with Crippen LogP contribution in [0.1, 0.15) is 5.56 Å². The Hall–Kier alpha value is -1.86. The molecular formula is C16H13BrN2O3S. The van der Waals surface area contributed by atoms with Gasteiger partial charge in [0.25, 0.3) is 5.69 Å². The normalized spacial score (nSPS) is 13.0. The summed E-state index contributed by atoms with van der Waals surface area (Å²) in [4.78, 5) is 25.6. The molecule has 0 N–H and O–H groups in total. The number of fused-ring (bicyclic) bond motifs is 1. The zero-order valence-electron chi connectivity index (χ0n) is 12.1. The van der Waals surface area contributed by atoms with Crippen molar-refractivity contribution in [2.24, 2.45) is 0 Å². The molecule has 2 aromatic carbocycles. The maximum Gasteiger partial charge on any atom is 0.269 e. The molecule has 0 saturated carbocycles. The van der Waals surface area contributed by atoms with Gasteiger partial charge in [0.05, 0.1) is 10.7 Å². The van der Waals surface area contributed by atoms with Crippen LogP contribution in [-0.4, -0.2) is 23.1 Å². The number of nitrogens with zero attached hydrogens (tertiary/aromatic N) is 2. The van der Waals surface area contributed by atoms with Crippen LogP contribution in [0.4, 0.5) is 11.4 Å². The van der Waals surface area contributed by atoms with Crippen molar-refractivity contribution >= 4 is 45.0 Å². The van der Waals surface area contributed by atoms with E-state index in [0.29, 0.717) is 18.7 Å². The fraction of sp³-hybridized carbons (Fsp3) is 0.188. The van der Waals surface area contributed by atoms with Crippen LogP contribution in [0.3, 0.4) is 0 Å². The monoisotopic (exact) mass is 392 g/mol. The van der Waals surface area contributed by atoms with Crippen molar-refractivity contribution in [3.8, 4) is 0 Å². The molecular weight excluding hydrogens is 380 g/mol. The van der Waals surface area contributed by atoms with E-state index < -0.39 is 4.92 Å². The van der Waals surface area contributed by atoms with Crippen molar-refractivity contribution in [3.63, 3.8) is 0 Å². The van der Waals surface area contributed by atoms with Crippen LogP contribution in [0.5, 0.6) is 0 Å². The molecule has 23 heavy (non-hydrogen) atoms. The fourth-order valence-electron chi connectivity index (χ4n) is 2.54. The van der Waals surface area contributed by atoms with Crippen molar-refractivity contribution in [3.05, 3.63) is 62.6 Å². The highest BCUT2D eigenvalue weighted by atomic mass is 79.9. The van der Waals surface area contributed by atoms with Crippen molar-refractivity contribution in [1.82, 2.24) is 0 Å². The number of benzene rings is 2. The van der Waals surface area contributed by atoms with Crippen LogP contribution in [0.2, 0.25) is 0 Å². The lowest BCUT2D eigenvalue weighted by Gasteiger charge is -2.17. The third-order valence-corrected chi connectivity index (χ3v) is 5.10. The van der Waals surface area contributed by atoms with Crippen molar-refractivity contribution in [2.45, 2.75) is 11.3 Å². The van der Waals surface area contributed by atoms with E-state index in [-0.39, 0.29) is 11.6 Å². The van der Waals surface area contributed by atoms with Crippen LogP contribution in [0.25, 0.3) is 0 Å². The smallest absolute Gasteiger partial charge is 0.269 e. The molecule has 2 aromatic rings. The molecule has 0 spiro atoms. The molecule has 0 radical (unpaired) electrons. The van der Waals surface area contributed by atoms with E-state index in [1.165, 1.54) is 17.8 Å². The number of hydrogen-bond donors (Lipinski definition) is 0. The van der Waals surface area contributed by atoms with E-state index in [1.54, 1.807) is 17.0 Å². The Morgan fingerprint density at radius 1 is 1.30 bits per heavy atom. The summed E-state index contributed by atoms with van der Waals surface area (Å²) in [6.45, 7) is 0.578. The first-order valence-electron chi connectivity index (χ1n) is 7.00. The lowest BCUT2D eigenvalue weighted by Crippen LogP contribution is -2.30. The summed E-state index contributed by atoms with van der Waals surface area (Å²) in [5.41, 5.74) is 1.72. The quantitative estimate of drug-likeness (QED) is 0.447. The van der Waals surface area contributed by atoms with Crippen LogP contribution >= 0.6 is 27.7 Å². The zero-order valence-corrected chi connectivity index (χ0v) is 14.5. The number of hydrogen-bond acceptors (Lipinski definition) is 4. The van der Waals surface area contributed by atoms with Gasteiger partial charge in [-0.2, -0.15) is 0 Å². The minimum Gasteiger partial charge on any atom is -0.311 e. The molecule has 0 aliphatic carbocycles. The van der Waals surface area contributed by atoms with Gasteiger partial charge in [-0.05, 0) is 36.2 Å². The van der Waals surface area contributed by atoms with Crippen LogP contribution < -0.4 is 4.90 Å². The standard InChI is InChI=1S/C16H13BrN2O3S/c17-12-2-1-3-14(9-12)23-10-16(20)18-7-6-11-8-13(19(21)22)4-5-15(11)18/h1-5,8-9H,6-7,10H2. The van der Waals surface area contributed by atoms with Gasteiger partial charge >= 0.3 is 0 Å². The van der Waals surface area contributed by atoms with Gasteiger partial charge < -0.3 is 4.90 Å². The second kappa shape index (κ2) is 6.72. The summed E-state index contributed by atoms with van der Waals surface area (Å²) in [6.07, 6.45) is 0.657. The minimum atomic E-state index is -0.409. The van der Waals surface area contributed by atoms with Gasteiger partial charge in [-0.25, -0.2) is 0 Å². The van der Waals surface area contributed by atoms with Crippen molar-refractivity contribution in [2.75, 3.05) is 17.2 Å². The van der Waals surface area contributed by atoms with E-state index in [2.05, 4.69) is 15.9 Å². The number of nitro groups is 1. The lowest BCUT2D eigenvalue weighted by atomic mass is 10.1. The first-order valence-corrected chi connectivity index (χ1v) is 8.78. The number of amides is 1. The first kappa shape index (κ1) is 16.0. The van der Waals surface area contributed by atoms with Gasteiger partial charge in [-0.1, -0.05) is 22.0 Å². The number of carbonyl (C=O) groups excluding carboxylic acids is 1. The number of thioether (sulfide) groups is 1. The largest absolute Gasteiger partial charge is 0.311 e. The van der Waals surface area contributed by atoms with E-state index in [1.807, 2.05) is 24.3 Å². The molecule has 5 nitrogen and oxygen atoms in total. The second-order valence-electron chi connectivity index (χ2n) is 5.11. The van der Waals surface area contributed by atoms with E-state index >= 15 is 0 Å². The number of non-ortho nitro benzene ring substituents is 1. The molecule has 3 rings (SSSR count). The SMILES string of the molecule is O=C(CSc1cccc(Br)c1)N1CCc2cc([N+](=O)[O-])ccc21. The van der Waals surface area contributed by atoms with Gasteiger partial charge in [-0.3, -0.25) is 14.9 Å². The Balaban J connectivity index is 1.69. The molecule has 1 amide bonds. The molecule has 0 saturated heterocycles. The summed E-state index contributed by atoms with van der Waals surface area (Å²) in [5.74, 6) is 0.356. The van der Waals surface area contributed by atoms with Gasteiger partial charge in [0, 0.05) is 33.7 Å². The number of rotatable bonds is 4. The summed E-state index contributed by atoms with van der Waals surface area (Å²) < 4.78 is 0.980. The maximum absolute atomic E-state index is 12.4. The minimum absolute atomic E-state index is 0.0163. The van der Waals surface area contributed by atoms with E-state index in [0.717, 1.165) is 20.6 Å². The predicted molar refractivity (Wildman–Crippen MR) is 94.0 cm³/mol. The Bertz CT molecular complexity index is 782. The number of anilines is 1. The van der Waals surface area contributed by atoms with Crippen molar-refractivity contribution in [1.29, 1.82) is 0 Å². The molecule has 0 aromatic heterocycles. The van der Waals surface area contributed by atoms with Gasteiger partial charge in [-0.15, -0.1) is 11.8 Å². The predicted octanol–water partition coefficient (Wildman–Crippen LogP) is 4.04. The highest BCUT2D eigenvalue weighted by Gasteiger charge is 2.26. The lowest BCUT2D eigenvalue weighted by molar-refractivity contribution is -0.384. The Morgan fingerprint density at radius 2 is 2.13 bits per heavy atom. The summed E-state index contributed by atoms with van der Waals surface area (Å²) >= 11 is 4.89. The average molecular weight is 393 g/mol. The van der Waals surface area contributed by atoms with Crippen LogP contribution in [0, 0.1) is 10.1 Å². The topological polar surface area (TPSA) is 63.5 Å². The van der Waals surface area contributed by atoms with Gasteiger partial charge in [0.15, 0.2) is 0 Å². The Morgan fingerprint density at radius 3 is 2.87 bits per heavy atom. The molecule has 0 fully saturated rings. The molecule has 0 atom stereocenters. The molecule has 118 valence electrons. The zero-order chi connectivity index (χ0) is 16.4. The van der Waals surface area contributed by atoms with Gasteiger partial charge in [0.1, 0.15) is 0 Å². The summed E-state index contributed by atoms with van der Waals surface area (Å²) in [5, 5.41) is 10.8. The number of nitro benzene ring substituents is 1. The Kier molecular flexibility index (Phi) is 4.68. The number of carbonyl (C=O) groups is 1. The van der Waals surface area contributed by atoms with Crippen LogP contribution in [-0.2, 0) is 11.2 Å². The molecule has 1 heterocycles. The molecule has 0 bridgehead atoms. The first-order chi connectivity index (χ1) is 11.0. The summed E-state index contributed by atoms with van der Waals surface area (Å²) in [7, 11) is 0. The molecule has 1 aliphatic heterocycles. The van der Waals surface area contributed by atoms with Crippen LogP contribution in [0.15, 0.2) is 51.8 Å². The molecule has 1 aliphatic rings. The maximum atomic E-state index is 12.4. The van der Waals surface area contributed by atoms with Gasteiger partial charge in [0.2, 0.25) is 5.91 Å². The number of halogens is 1. The molecule has 0 unspecified atom stereocenters.